The van der Waals surface area contributed by atoms with Gasteiger partial charge in [0.1, 0.15) is 5.75 Å². The van der Waals surface area contributed by atoms with Crippen LogP contribution in [0.4, 0.5) is 5.69 Å². The first-order valence-corrected chi connectivity index (χ1v) is 10.9. The highest BCUT2D eigenvalue weighted by Crippen LogP contribution is 2.30. The van der Waals surface area contributed by atoms with Crippen LogP contribution in [0, 0.1) is 5.92 Å². The summed E-state index contributed by atoms with van der Waals surface area (Å²) in [5.74, 6) is 0.372. The van der Waals surface area contributed by atoms with Gasteiger partial charge in [0.05, 0.1) is 31.2 Å². The van der Waals surface area contributed by atoms with E-state index < -0.39 is 6.10 Å². The molecule has 0 aromatic heterocycles. The lowest BCUT2D eigenvalue weighted by Crippen LogP contribution is -2.43. The van der Waals surface area contributed by atoms with Crippen molar-refractivity contribution in [3.05, 3.63) is 96.1 Å². The molecule has 3 rings (SSSR count). The number of nitrogens with zero attached hydrogens (tertiary/aromatic N) is 1. The zero-order valence-corrected chi connectivity index (χ0v) is 19.1. The summed E-state index contributed by atoms with van der Waals surface area (Å²) in [6, 6.07) is 26.4. The van der Waals surface area contributed by atoms with E-state index in [1.54, 1.807) is 19.1 Å². The average molecular weight is 433 g/mol. The van der Waals surface area contributed by atoms with Crippen LogP contribution in [0.25, 0.3) is 0 Å². The van der Waals surface area contributed by atoms with Gasteiger partial charge in [0, 0.05) is 12.7 Å². The number of carbonyl (C=O) groups excluding carboxylic acids is 1. The van der Waals surface area contributed by atoms with Gasteiger partial charge >= 0.3 is 0 Å². The molecular formula is C27H32N2O3. The standard InChI is InChI=1S/C27H32N2O3/c1-19(27(31)29(3)20(2)26(30)22-13-9-6-10-14-22)25(21-11-7-5-8-12-21)28-23-15-17-24(32-4)18-16-23/h5-20,25-26,28,30H,1-4H3/t19-,20+,25+,26-/m1/s1. The molecule has 0 aliphatic heterocycles. The third-order valence-electron chi connectivity index (χ3n) is 6.02. The third-order valence-corrected chi connectivity index (χ3v) is 6.02. The van der Waals surface area contributed by atoms with Crippen molar-refractivity contribution in [3.8, 4) is 5.75 Å². The van der Waals surface area contributed by atoms with Crippen molar-refractivity contribution in [1.82, 2.24) is 4.90 Å². The van der Waals surface area contributed by atoms with E-state index in [9.17, 15) is 9.90 Å². The zero-order valence-electron chi connectivity index (χ0n) is 19.1. The van der Waals surface area contributed by atoms with E-state index in [1.165, 1.54) is 0 Å². The Morgan fingerprint density at radius 3 is 1.94 bits per heavy atom. The molecule has 4 atom stereocenters. The number of aliphatic hydroxyl groups excluding tert-OH is 1. The summed E-state index contributed by atoms with van der Waals surface area (Å²) in [6.07, 6.45) is -0.762. The van der Waals surface area contributed by atoms with Crippen LogP contribution in [-0.2, 0) is 4.79 Å². The second kappa shape index (κ2) is 10.8. The van der Waals surface area contributed by atoms with Gasteiger partial charge < -0.3 is 20.1 Å². The fraction of sp³-hybridized carbons (Fsp3) is 0.296. The Morgan fingerprint density at radius 1 is 0.875 bits per heavy atom. The fourth-order valence-electron chi connectivity index (χ4n) is 3.83. The minimum atomic E-state index is -0.762. The monoisotopic (exact) mass is 432 g/mol. The maximum atomic E-state index is 13.5. The van der Waals surface area contributed by atoms with E-state index in [-0.39, 0.29) is 23.9 Å². The molecule has 3 aromatic rings. The van der Waals surface area contributed by atoms with Crippen LogP contribution in [0.5, 0.6) is 5.75 Å². The maximum Gasteiger partial charge on any atom is 0.227 e. The third kappa shape index (κ3) is 5.48. The summed E-state index contributed by atoms with van der Waals surface area (Å²) in [7, 11) is 3.39. The molecule has 3 aromatic carbocycles. The average Bonchev–Trinajstić information content (AvgIpc) is 2.86. The number of ether oxygens (including phenoxy) is 1. The van der Waals surface area contributed by atoms with Crippen LogP contribution >= 0.6 is 0 Å². The first kappa shape index (κ1) is 23.4. The van der Waals surface area contributed by atoms with Gasteiger partial charge in [-0.05, 0) is 42.3 Å². The van der Waals surface area contributed by atoms with Crippen molar-refractivity contribution in [2.24, 2.45) is 5.92 Å². The summed E-state index contributed by atoms with van der Waals surface area (Å²) < 4.78 is 5.25. The van der Waals surface area contributed by atoms with Crippen LogP contribution in [0.3, 0.4) is 0 Å². The Balaban J connectivity index is 1.81. The molecule has 2 N–H and O–H groups in total. The van der Waals surface area contributed by atoms with Crippen molar-refractivity contribution in [3.63, 3.8) is 0 Å². The normalized spacial score (nSPS) is 14.7. The topological polar surface area (TPSA) is 61.8 Å². The van der Waals surface area contributed by atoms with Gasteiger partial charge in [-0.1, -0.05) is 67.6 Å². The van der Waals surface area contributed by atoms with Crippen molar-refractivity contribution in [2.45, 2.75) is 32.0 Å². The van der Waals surface area contributed by atoms with Gasteiger partial charge in [0.15, 0.2) is 0 Å². The fourth-order valence-corrected chi connectivity index (χ4v) is 3.83. The molecule has 0 fully saturated rings. The number of benzene rings is 3. The van der Waals surface area contributed by atoms with Crippen LogP contribution in [-0.4, -0.2) is 36.1 Å². The van der Waals surface area contributed by atoms with Crippen LogP contribution in [0.15, 0.2) is 84.9 Å². The summed E-state index contributed by atoms with van der Waals surface area (Å²) >= 11 is 0. The lowest BCUT2D eigenvalue weighted by Gasteiger charge is -2.34. The summed E-state index contributed by atoms with van der Waals surface area (Å²) in [5.41, 5.74) is 2.72. The highest BCUT2D eigenvalue weighted by atomic mass is 16.5. The molecule has 5 heteroatoms. The smallest absolute Gasteiger partial charge is 0.227 e. The highest BCUT2D eigenvalue weighted by molar-refractivity contribution is 5.80. The molecule has 0 spiro atoms. The number of rotatable bonds is 9. The second-order valence-corrected chi connectivity index (χ2v) is 8.10. The molecule has 0 aliphatic rings. The lowest BCUT2D eigenvalue weighted by atomic mass is 9.92. The minimum Gasteiger partial charge on any atom is -0.497 e. The Bertz CT molecular complexity index is 977. The number of nitrogens with one attached hydrogen (secondary N) is 1. The van der Waals surface area contributed by atoms with E-state index >= 15 is 0 Å². The first-order valence-electron chi connectivity index (χ1n) is 10.9. The maximum absolute atomic E-state index is 13.5. The number of likely N-dealkylation sites (N-methyl/N-ethyl adjacent to an activating group) is 1. The molecule has 0 saturated carbocycles. The Morgan fingerprint density at radius 2 is 1.41 bits per heavy atom. The van der Waals surface area contributed by atoms with E-state index in [2.05, 4.69) is 5.32 Å². The zero-order chi connectivity index (χ0) is 23.1. The van der Waals surface area contributed by atoms with Crippen LogP contribution in [0.1, 0.15) is 37.1 Å². The predicted molar refractivity (Wildman–Crippen MR) is 129 cm³/mol. The lowest BCUT2D eigenvalue weighted by molar-refractivity contribution is -0.138. The van der Waals surface area contributed by atoms with Crippen molar-refractivity contribution >= 4 is 11.6 Å². The number of anilines is 1. The molecule has 168 valence electrons. The van der Waals surface area contributed by atoms with Crippen molar-refractivity contribution < 1.29 is 14.6 Å². The molecule has 0 heterocycles. The summed E-state index contributed by atoms with van der Waals surface area (Å²) in [6.45, 7) is 3.80. The number of aliphatic hydroxyl groups is 1. The largest absolute Gasteiger partial charge is 0.497 e. The number of hydrogen-bond acceptors (Lipinski definition) is 4. The molecule has 0 saturated heterocycles. The van der Waals surface area contributed by atoms with E-state index in [0.29, 0.717) is 0 Å². The Labute approximate surface area is 190 Å². The molecule has 5 nitrogen and oxygen atoms in total. The SMILES string of the molecule is COc1ccc(N[C@H](c2ccccc2)[C@@H](C)C(=O)N(C)[C@@H](C)[C@@H](O)c2ccccc2)cc1. The quantitative estimate of drug-likeness (QED) is 0.496. The van der Waals surface area contributed by atoms with Gasteiger partial charge in [-0.2, -0.15) is 0 Å². The van der Waals surface area contributed by atoms with E-state index in [1.807, 2.05) is 98.8 Å². The van der Waals surface area contributed by atoms with Gasteiger partial charge in [-0.15, -0.1) is 0 Å². The number of methoxy groups -OCH3 is 1. The number of carbonyl (C=O) groups is 1. The Kier molecular flexibility index (Phi) is 7.90. The number of amides is 1. The summed E-state index contributed by atoms with van der Waals surface area (Å²) in [4.78, 5) is 15.1. The molecular weight excluding hydrogens is 400 g/mol. The van der Waals surface area contributed by atoms with Crippen LogP contribution < -0.4 is 10.1 Å². The van der Waals surface area contributed by atoms with Gasteiger partial charge in [0.2, 0.25) is 5.91 Å². The molecule has 0 aliphatic carbocycles. The van der Waals surface area contributed by atoms with Gasteiger partial charge in [-0.25, -0.2) is 0 Å². The second-order valence-electron chi connectivity index (χ2n) is 8.10. The first-order chi connectivity index (χ1) is 15.4. The predicted octanol–water partition coefficient (Wildman–Crippen LogP) is 5.07. The summed E-state index contributed by atoms with van der Waals surface area (Å²) in [5, 5.41) is 14.3. The molecule has 1 amide bonds. The minimum absolute atomic E-state index is 0.0395. The molecule has 0 unspecified atom stereocenters. The molecule has 32 heavy (non-hydrogen) atoms. The van der Waals surface area contributed by atoms with Crippen LogP contribution in [0.2, 0.25) is 0 Å². The highest BCUT2D eigenvalue weighted by Gasteiger charge is 2.32. The van der Waals surface area contributed by atoms with E-state index in [4.69, 9.17) is 4.74 Å². The van der Waals surface area contributed by atoms with Crippen molar-refractivity contribution in [2.75, 3.05) is 19.5 Å². The van der Waals surface area contributed by atoms with Gasteiger partial charge in [0.25, 0.3) is 0 Å². The Hall–Kier alpha value is -3.31. The molecule has 0 radical (unpaired) electrons. The number of hydrogen-bond donors (Lipinski definition) is 2. The van der Waals surface area contributed by atoms with Gasteiger partial charge in [-0.3, -0.25) is 4.79 Å². The van der Waals surface area contributed by atoms with Crippen molar-refractivity contribution in [1.29, 1.82) is 0 Å². The molecule has 0 bridgehead atoms. The van der Waals surface area contributed by atoms with E-state index in [0.717, 1.165) is 22.6 Å².